The van der Waals surface area contributed by atoms with Crippen molar-refractivity contribution in [1.29, 1.82) is 0 Å². The summed E-state index contributed by atoms with van der Waals surface area (Å²) in [5.41, 5.74) is 0.608. The summed E-state index contributed by atoms with van der Waals surface area (Å²) in [6.45, 7) is 6.01. The van der Waals surface area contributed by atoms with Crippen LogP contribution in [0.15, 0.2) is 11.8 Å². The normalized spacial score (nSPS) is 44.7. The standard InChI is InChI=1S/C11H16O2/c1-10(2)8-5-11(3,9(10)13)4-7(8)6-12/h6,8,12H,4-5H2,1-3H3/b7-6+. The molecule has 72 valence electrons. The van der Waals surface area contributed by atoms with E-state index in [0.29, 0.717) is 5.78 Å². The maximum atomic E-state index is 12.0. The molecule has 2 fully saturated rings. The number of rotatable bonds is 0. The molecule has 0 heterocycles. The van der Waals surface area contributed by atoms with Gasteiger partial charge in [-0.05, 0) is 24.3 Å². The van der Waals surface area contributed by atoms with Gasteiger partial charge in [0.1, 0.15) is 5.78 Å². The van der Waals surface area contributed by atoms with E-state index in [1.54, 1.807) is 0 Å². The Balaban J connectivity index is 2.48. The molecule has 2 saturated carbocycles. The quantitative estimate of drug-likeness (QED) is 0.581. The van der Waals surface area contributed by atoms with E-state index < -0.39 is 0 Å². The molecule has 0 aliphatic heterocycles. The van der Waals surface area contributed by atoms with E-state index in [0.717, 1.165) is 18.4 Å². The van der Waals surface area contributed by atoms with E-state index in [2.05, 4.69) is 0 Å². The lowest BCUT2D eigenvalue weighted by Gasteiger charge is -2.32. The van der Waals surface area contributed by atoms with Crippen LogP contribution < -0.4 is 0 Å². The van der Waals surface area contributed by atoms with Crippen molar-refractivity contribution in [2.45, 2.75) is 33.6 Å². The SMILES string of the molecule is CC12C/C(=C\O)C(C1)C(C)(C)C2=O. The summed E-state index contributed by atoms with van der Waals surface area (Å²) in [5.74, 6) is 0.644. The van der Waals surface area contributed by atoms with Gasteiger partial charge in [0.25, 0.3) is 0 Å². The average Bonchev–Trinajstić information content (AvgIpc) is 2.49. The zero-order valence-corrected chi connectivity index (χ0v) is 8.42. The minimum Gasteiger partial charge on any atom is -0.516 e. The van der Waals surface area contributed by atoms with Gasteiger partial charge in [-0.25, -0.2) is 0 Å². The summed E-state index contributed by atoms with van der Waals surface area (Å²) in [4.78, 5) is 12.0. The van der Waals surface area contributed by atoms with Gasteiger partial charge < -0.3 is 5.11 Å². The molecule has 0 aromatic rings. The molecule has 2 rings (SSSR count). The summed E-state index contributed by atoms with van der Waals surface area (Å²) >= 11 is 0. The lowest BCUT2D eigenvalue weighted by atomic mass is 9.70. The first kappa shape index (κ1) is 8.79. The zero-order chi connectivity index (χ0) is 9.85. The Kier molecular flexibility index (Phi) is 1.47. The number of carbonyl (C=O) groups excluding carboxylic acids is 1. The maximum absolute atomic E-state index is 12.0. The van der Waals surface area contributed by atoms with Crippen LogP contribution in [0.2, 0.25) is 0 Å². The van der Waals surface area contributed by atoms with Gasteiger partial charge in [0.05, 0.1) is 6.26 Å². The van der Waals surface area contributed by atoms with Crippen LogP contribution in [-0.2, 0) is 4.79 Å². The Labute approximate surface area is 78.6 Å². The number of ketones is 1. The second kappa shape index (κ2) is 2.17. The number of Topliss-reactive ketones (excluding diaryl/α,β-unsaturated/α-hetero) is 1. The number of fused-ring (bicyclic) bond motifs is 2. The van der Waals surface area contributed by atoms with E-state index in [1.807, 2.05) is 20.8 Å². The Hall–Kier alpha value is -0.790. The summed E-state index contributed by atoms with van der Waals surface area (Å²) in [6, 6.07) is 0. The first-order valence-electron chi connectivity index (χ1n) is 4.80. The second-order valence-electron chi connectivity index (χ2n) is 5.25. The van der Waals surface area contributed by atoms with Gasteiger partial charge in [-0.2, -0.15) is 0 Å². The van der Waals surface area contributed by atoms with E-state index in [4.69, 9.17) is 5.11 Å². The van der Waals surface area contributed by atoms with E-state index >= 15 is 0 Å². The highest BCUT2D eigenvalue weighted by molar-refractivity contribution is 5.94. The van der Waals surface area contributed by atoms with Crippen molar-refractivity contribution in [2.24, 2.45) is 16.7 Å². The van der Waals surface area contributed by atoms with Crippen molar-refractivity contribution >= 4 is 5.78 Å². The molecule has 2 heteroatoms. The molecule has 2 aliphatic carbocycles. The number of carbonyl (C=O) groups is 1. The Morgan fingerprint density at radius 3 is 2.46 bits per heavy atom. The molecule has 2 bridgehead atoms. The number of aliphatic hydroxyl groups excluding tert-OH is 1. The van der Waals surface area contributed by atoms with Crippen LogP contribution in [0.25, 0.3) is 0 Å². The van der Waals surface area contributed by atoms with Gasteiger partial charge in [0.15, 0.2) is 0 Å². The van der Waals surface area contributed by atoms with Crippen molar-refractivity contribution in [2.75, 3.05) is 0 Å². The van der Waals surface area contributed by atoms with Crippen LogP contribution in [-0.4, -0.2) is 10.9 Å². The summed E-state index contributed by atoms with van der Waals surface area (Å²) in [7, 11) is 0. The predicted molar refractivity (Wildman–Crippen MR) is 50.3 cm³/mol. The molecule has 0 aromatic carbocycles. The highest BCUT2D eigenvalue weighted by Gasteiger charge is 2.61. The first-order valence-corrected chi connectivity index (χ1v) is 4.80. The maximum Gasteiger partial charge on any atom is 0.145 e. The Bertz CT molecular complexity index is 294. The van der Waals surface area contributed by atoms with Gasteiger partial charge in [-0.3, -0.25) is 4.79 Å². The molecule has 0 spiro atoms. The molecular formula is C11H16O2. The summed E-state index contributed by atoms with van der Waals surface area (Å²) in [6.07, 6.45) is 2.89. The third-order valence-corrected chi connectivity index (χ3v) is 3.87. The minimum atomic E-state index is -0.262. The van der Waals surface area contributed by atoms with Crippen LogP contribution in [0.4, 0.5) is 0 Å². The van der Waals surface area contributed by atoms with Crippen LogP contribution in [0.1, 0.15) is 33.6 Å². The highest BCUT2D eigenvalue weighted by atomic mass is 16.2. The van der Waals surface area contributed by atoms with Crippen molar-refractivity contribution in [3.8, 4) is 0 Å². The minimum absolute atomic E-state index is 0.192. The van der Waals surface area contributed by atoms with Gasteiger partial charge in [0.2, 0.25) is 0 Å². The summed E-state index contributed by atoms with van der Waals surface area (Å²) < 4.78 is 0. The van der Waals surface area contributed by atoms with Gasteiger partial charge in [0, 0.05) is 10.8 Å². The monoisotopic (exact) mass is 180 g/mol. The fourth-order valence-corrected chi connectivity index (χ4v) is 3.19. The van der Waals surface area contributed by atoms with Gasteiger partial charge >= 0.3 is 0 Å². The molecule has 0 saturated heterocycles. The third-order valence-electron chi connectivity index (χ3n) is 3.87. The van der Waals surface area contributed by atoms with Crippen LogP contribution in [0.5, 0.6) is 0 Å². The van der Waals surface area contributed by atoms with E-state index in [9.17, 15) is 4.79 Å². The Morgan fingerprint density at radius 1 is 1.46 bits per heavy atom. The number of allylic oxidation sites excluding steroid dienone is 1. The molecule has 0 radical (unpaired) electrons. The van der Waals surface area contributed by atoms with Gasteiger partial charge in [-0.15, -0.1) is 0 Å². The predicted octanol–water partition coefficient (Wildman–Crippen LogP) is 2.45. The van der Waals surface area contributed by atoms with Crippen LogP contribution in [0, 0.1) is 16.7 Å². The lowest BCUT2D eigenvalue weighted by molar-refractivity contribution is -0.133. The van der Waals surface area contributed by atoms with E-state index in [-0.39, 0.29) is 16.7 Å². The second-order valence-corrected chi connectivity index (χ2v) is 5.25. The van der Waals surface area contributed by atoms with Crippen molar-refractivity contribution in [3.63, 3.8) is 0 Å². The molecule has 0 aromatic heterocycles. The smallest absolute Gasteiger partial charge is 0.145 e. The van der Waals surface area contributed by atoms with Gasteiger partial charge in [-0.1, -0.05) is 20.8 Å². The molecule has 0 amide bonds. The van der Waals surface area contributed by atoms with Crippen LogP contribution >= 0.6 is 0 Å². The third kappa shape index (κ3) is 0.862. The van der Waals surface area contributed by atoms with Crippen molar-refractivity contribution < 1.29 is 9.90 Å². The van der Waals surface area contributed by atoms with Crippen LogP contribution in [0.3, 0.4) is 0 Å². The molecule has 1 N–H and O–H groups in total. The molecule has 2 aliphatic rings. The molecule has 13 heavy (non-hydrogen) atoms. The fraction of sp³-hybridized carbons (Fsp3) is 0.727. The van der Waals surface area contributed by atoms with Crippen molar-refractivity contribution in [1.82, 2.24) is 0 Å². The summed E-state index contributed by atoms with van der Waals surface area (Å²) in [5, 5.41) is 9.05. The number of hydrogen-bond acceptors (Lipinski definition) is 2. The lowest BCUT2D eigenvalue weighted by Crippen LogP contribution is -2.36. The zero-order valence-electron chi connectivity index (χ0n) is 8.42. The molecule has 2 unspecified atom stereocenters. The molecule has 2 nitrogen and oxygen atoms in total. The fourth-order valence-electron chi connectivity index (χ4n) is 3.19. The highest BCUT2D eigenvalue weighted by Crippen LogP contribution is 2.61. The Morgan fingerprint density at radius 2 is 2.08 bits per heavy atom. The molecule has 2 atom stereocenters. The molecular weight excluding hydrogens is 164 g/mol. The van der Waals surface area contributed by atoms with Crippen molar-refractivity contribution in [3.05, 3.63) is 11.8 Å². The largest absolute Gasteiger partial charge is 0.516 e. The average molecular weight is 180 g/mol. The topological polar surface area (TPSA) is 37.3 Å². The number of hydrogen-bond donors (Lipinski definition) is 1. The first-order chi connectivity index (χ1) is 5.92. The van der Waals surface area contributed by atoms with E-state index in [1.165, 1.54) is 6.26 Å². The number of aliphatic hydroxyl groups is 1.